The van der Waals surface area contributed by atoms with Gasteiger partial charge in [0.05, 0.1) is 30.7 Å². The van der Waals surface area contributed by atoms with E-state index < -0.39 is 8.56 Å². The van der Waals surface area contributed by atoms with Crippen molar-refractivity contribution in [3.8, 4) is 0 Å². The molecule has 0 spiro atoms. The molecule has 0 amide bonds. The van der Waals surface area contributed by atoms with Crippen molar-refractivity contribution in [2.75, 3.05) is 67.6 Å². The Morgan fingerprint density at radius 3 is 1.33 bits per heavy atom. The van der Waals surface area contributed by atoms with Crippen molar-refractivity contribution in [1.29, 1.82) is 0 Å². The fourth-order valence-corrected chi connectivity index (χ4v) is 18.1. The molecule has 2 atom stereocenters. The summed E-state index contributed by atoms with van der Waals surface area (Å²) in [4.78, 5) is 4.51. The molecule has 9 heteroatoms. The second-order valence-electron chi connectivity index (χ2n) is 13.0. The van der Waals surface area contributed by atoms with Crippen molar-refractivity contribution < 1.29 is 8.85 Å². The molecular formula is C24H56N4O2Si3. The summed E-state index contributed by atoms with van der Waals surface area (Å²) in [5.74, 6) is 0. The largest absolute Gasteiger partial charge is 0.391 e. The third-order valence-electron chi connectivity index (χ3n) is 7.15. The molecule has 0 saturated carbocycles. The Bertz CT molecular complexity index is 519. The van der Waals surface area contributed by atoms with Crippen LogP contribution in [0.1, 0.15) is 54.4 Å². The molecule has 0 aromatic heterocycles. The summed E-state index contributed by atoms with van der Waals surface area (Å²) < 4.78 is 20.5. The van der Waals surface area contributed by atoms with Crippen molar-refractivity contribution in [3.05, 3.63) is 0 Å². The van der Waals surface area contributed by atoms with Crippen molar-refractivity contribution in [1.82, 2.24) is 18.9 Å². The molecule has 33 heavy (non-hydrogen) atoms. The van der Waals surface area contributed by atoms with Crippen LogP contribution in [0.3, 0.4) is 0 Å². The van der Waals surface area contributed by atoms with E-state index in [2.05, 4.69) is 88.7 Å². The van der Waals surface area contributed by atoms with Gasteiger partial charge in [0.15, 0.2) is 0 Å². The lowest BCUT2D eigenvalue weighted by Crippen LogP contribution is -2.77. The Labute approximate surface area is 211 Å². The average molecular weight is 517 g/mol. The molecule has 2 heterocycles. The van der Waals surface area contributed by atoms with Gasteiger partial charge < -0.3 is 27.8 Å². The van der Waals surface area contributed by atoms with E-state index in [4.69, 9.17) is 8.85 Å². The highest BCUT2D eigenvalue weighted by Gasteiger charge is 2.63. The van der Waals surface area contributed by atoms with Gasteiger partial charge >= 0.3 is 8.56 Å². The highest BCUT2D eigenvalue weighted by Crippen LogP contribution is 2.43. The van der Waals surface area contributed by atoms with Gasteiger partial charge in [0.25, 0.3) is 0 Å². The molecule has 0 radical (unpaired) electrons. The van der Waals surface area contributed by atoms with Crippen molar-refractivity contribution in [3.63, 3.8) is 0 Å². The Hall–Kier alpha value is 0.411. The first-order valence-corrected chi connectivity index (χ1v) is 18.6. The fourth-order valence-electron chi connectivity index (χ4n) is 6.09. The summed E-state index contributed by atoms with van der Waals surface area (Å²) in [6.07, 6.45) is 2.72. The third-order valence-corrected chi connectivity index (χ3v) is 17.3. The minimum Gasteiger partial charge on any atom is -0.391 e. The van der Waals surface area contributed by atoms with E-state index in [0.29, 0.717) is 11.3 Å². The van der Waals surface area contributed by atoms with Gasteiger partial charge in [-0.15, -0.1) is 0 Å². The van der Waals surface area contributed by atoms with Gasteiger partial charge in [-0.3, -0.25) is 0 Å². The summed E-state index contributed by atoms with van der Waals surface area (Å²) in [6.45, 7) is 20.7. The van der Waals surface area contributed by atoms with Crippen molar-refractivity contribution in [2.24, 2.45) is 10.8 Å². The summed E-state index contributed by atoms with van der Waals surface area (Å²) >= 11 is 0. The van der Waals surface area contributed by atoms with Crippen LogP contribution in [0.5, 0.6) is 0 Å². The minimum absolute atomic E-state index is 0.130. The molecular weight excluding hydrogens is 461 g/mol. The standard InChI is InChI=1S/C24H56N4O2Si3/c1-23(2,3)21(27-13-11-19-31-27)33(29-17-15-25(7)8,30-18-16-26(9)10)22(24(4,5)6)28-14-12-20-32-28/h21-22H,11-20,31-32H2,1-10H3. The molecule has 0 aliphatic carbocycles. The number of nitrogens with zero attached hydrogens (tertiary/aromatic N) is 4. The third kappa shape index (κ3) is 8.21. The molecule has 2 aliphatic heterocycles. The van der Waals surface area contributed by atoms with Gasteiger partial charge in [0.1, 0.15) is 0 Å². The highest BCUT2D eigenvalue weighted by molar-refractivity contribution is 6.72. The normalized spacial score (nSPS) is 22.9. The highest BCUT2D eigenvalue weighted by atomic mass is 28.4. The SMILES string of the molecule is CN(C)CCO[Si](OCCN(C)C)(C(N1CCC[SiH2]1)C(C)(C)C)C(N1CCC[SiH2]1)C(C)(C)C. The molecule has 2 aliphatic rings. The van der Waals surface area contributed by atoms with E-state index in [-0.39, 0.29) is 30.2 Å². The molecule has 0 N–H and O–H groups in total. The lowest BCUT2D eigenvalue weighted by Gasteiger charge is -2.56. The minimum atomic E-state index is -2.72. The van der Waals surface area contributed by atoms with Crippen LogP contribution in [-0.2, 0) is 8.85 Å². The second kappa shape index (κ2) is 12.6. The molecule has 6 nitrogen and oxygen atoms in total. The Morgan fingerprint density at radius 2 is 1.09 bits per heavy atom. The zero-order valence-electron chi connectivity index (χ0n) is 23.7. The molecule has 2 unspecified atom stereocenters. The lowest BCUT2D eigenvalue weighted by atomic mass is 9.95. The number of likely N-dealkylation sites (N-methyl/N-ethyl adjacent to an activating group) is 2. The number of rotatable bonds is 12. The Balaban J connectivity index is 2.64. The van der Waals surface area contributed by atoms with E-state index in [1.54, 1.807) is 0 Å². The van der Waals surface area contributed by atoms with Gasteiger partial charge in [-0.05, 0) is 77.0 Å². The first-order chi connectivity index (χ1) is 15.3. The van der Waals surface area contributed by atoms with E-state index in [1.165, 1.54) is 38.0 Å². The number of hydrogen-bond acceptors (Lipinski definition) is 6. The molecule has 2 fully saturated rings. The Kier molecular flexibility index (Phi) is 11.3. The van der Waals surface area contributed by atoms with Crippen LogP contribution in [0.2, 0.25) is 12.1 Å². The smallest absolute Gasteiger partial charge is 0.373 e. The summed E-state index contributed by atoms with van der Waals surface area (Å²) in [5.41, 5.74) is 1.07. The van der Waals surface area contributed by atoms with E-state index in [1.807, 2.05) is 0 Å². The molecule has 2 saturated heterocycles. The molecule has 196 valence electrons. The van der Waals surface area contributed by atoms with Crippen LogP contribution in [0.4, 0.5) is 0 Å². The lowest BCUT2D eigenvalue weighted by molar-refractivity contribution is 0.0583. The van der Waals surface area contributed by atoms with Crippen LogP contribution in [0.25, 0.3) is 0 Å². The van der Waals surface area contributed by atoms with E-state index in [9.17, 15) is 0 Å². The van der Waals surface area contributed by atoms with Gasteiger partial charge in [-0.25, -0.2) is 0 Å². The van der Waals surface area contributed by atoms with Crippen LogP contribution in [-0.4, -0.2) is 126 Å². The zero-order chi connectivity index (χ0) is 24.9. The van der Waals surface area contributed by atoms with Crippen LogP contribution >= 0.6 is 0 Å². The average Bonchev–Trinajstić information content (AvgIpc) is 3.33. The zero-order valence-corrected chi connectivity index (χ0v) is 27.6. The predicted octanol–water partition coefficient (Wildman–Crippen LogP) is 1.91. The molecule has 2 rings (SSSR count). The van der Waals surface area contributed by atoms with E-state index in [0.717, 1.165) is 26.3 Å². The molecule has 0 bridgehead atoms. The maximum Gasteiger partial charge on any atom is 0.373 e. The maximum absolute atomic E-state index is 7.34. The van der Waals surface area contributed by atoms with Crippen LogP contribution in [0, 0.1) is 10.8 Å². The summed E-state index contributed by atoms with van der Waals surface area (Å²) in [6, 6.07) is 2.87. The molecule has 0 aromatic carbocycles. The van der Waals surface area contributed by atoms with Gasteiger partial charge in [-0.2, -0.15) is 0 Å². The summed E-state index contributed by atoms with van der Waals surface area (Å²) in [7, 11) is 5.41. The monoisotopic (exact) mass is 516 g/mol. The first-order valence-electron chi connectivity index (χ1n) is 13.3. The number of hydrogen-bond donors (Lipinski definition) is 0. The second-order valence-corrected chi connectivity index (χ2v) is 20.1. The molecule has 0 aromatic rings. The van der Waals surface area contributed by atoms with Gasteiger partial charge in [0, 0.05) is 26.3 Å². The van der Waals surface area contributed by atoms with Crippen molar-refractivity contribution >= 4 is 27.9 Å². The van der Waals surface area contributed by atoms with Crippen LogP contribution in [0.15, 0.2) is 0 Å². The summed E-state index contributed by atoms with van der Waals surface area (Å²) in [5, 5.41) is 0. The Morgan fingerprint density at radius 1 is 0.727 bits per heavy atom. The fraction of sp³-hybridized carbons (Fsp3) is 1.00. The topological polar surface area (TPSA) is 31.4 Å². The predicted molar refractivity (Wildman–Crippen MR) is 151 cm³/mol. The van der Waals surface area contributed by atoms with Crippen LogP contribution < -0.4 is 0 Å². The maximum atomic E-state index is 7.34. The van der Waals surface area contributed by atoms with Gasteiger partial charge in [-0.1, -0.05) is 41.5 Å². The quantitative estimate of drug-likeness (QED) is 0.368. The first kappa shape index (κ1) is 29.6. The van der Waals surface area contributed by atoms with Gasteiger partial charge in [0.2, 0.25) is 0 Å². The van der Waals surface area contributed by atoms with E-state index >= 15 is 0 Å². The van der Waals surface area contributed by atoms with Crippen molar-refractivity contribution in [2.45, 2.75) is 77.8 Å².